The molecule has 1 atom stereocenters. The molecule has 1 aromatic carbocycles. The van der Waals surface area contributed by atoms with E-state index >= 15 is 0 Å². The second-order valence-electron chi connectivity index (χ2n) is 6.67. The number of benzene rings is 1. The van der Waals surface area contributed by atoms with Gasteiger partial charge in [0.1, 0.15) is 10.7 Å². The fourth-order valence-corrected chi connectivity index (χ4v) is 2.79. The summed E-state index contributed by atoms with van der Waals surface area (Å²) in [6, 6.07) is 8.26. The van der Waals surface area contributed by atoms with Crippen LogP contribution in [0.2, 0.25) is 0 Å². The third-order valence-electron chi connectivity index (χ3n) is 4.04. The molecule has 0 aliphatic heterocycles. The lowest BCUT2D eigenvalue weighted by Crippen LogP contribution is -2.51. The topological polar surface area (TPSA) is 62.2 Å². The Bertz CT molecular complexity index is 673. The lowest BCUT2D eigenvalue weighted by Gasteiger charge is -2.28. The predicted octanol–water partition coefficient (Wildman–Crippen LogP) is 3.82. The third kappa shape index (κ3) is 4.18. The van der Waals surface area contributed by atoms with Crippen molar-refractivity contribution in [1.82, 2.24) is 10.3 Å². The van der Waals surface area contributed by atoms with E-state index in [1.165, 1.54) is 16.9 Å². The van der Waals surface area contributed by atoms with Crippen LogP contribution in [0.5, 0.6) is 0 Å². The summed E-state index contributed by atoms with van der Waals surface area (Å²) in [5.41, 5.74) is 1.97. The van der Waals surface area contributed by atoms with Crippen LogP contribution in [0.4, 0.5) is 0 Å². The first-order valence-corrected chi connectivity index (χ1v) is 8.65. The van der Waals surface area contributed by atoms with Gasteiger partial charge in [-0.05, 0) is 32.3 Å². The maximum absolute atomic E-state index is 12.3. The zero-order valence-corrected chi connectivity index (χ0v) is 15.1. The average molecular weight is 332 g/mol. The monoisotopic (exact) mass is 332 g/mol. The summed E-state index contributed by atoms with van der Waals surface area (Å²) in [6.45, 7) is 9.54. The van der Waals surface area contributed by atoms with Crippen LogP contribution >= 0.6 is 11.3 Å². The van der Waals surface area contributed by atoms with Crippen LogP contribution in [-0.4, -0.2) is 27.6 Å². The molecule has 0 saturated heterocycles. The number of hydrogen-bond acceptors (Lipinski definition) is 4. The molecule has 0 saturated carbocycles. The number of hydrogen-bond donors (Lipinski definition) is 2. The molecule has 2 rings (SSSR count). The molecule has 0 bridgehead atoms. The number of aliphatic hydroxyl groups excluding tert-OH is 1. The number of aliphatic hydroxyl groups is 1. The molecule has 5 heteroatoms. The van der Waals surface area contributed by atoms with Crippen molar-refractivity contribution in [3.05, 3.63) is 40.9 Å². The van der Waals surface area contributed by atoms with Gasteiger partial charge in [-0.25, -0.2) is 4.98 Å². The standard InChI is InChI=1S/C18H24N2O2S/c1-11(2)13-6-8-14(9-7-13)17-19-15(10-23-17)16(22)20-18(4,5)12(3)21/h6-12,21H,1-5H3,(H,20,22)/t12-/m1/s1. The molecule has 0 aliphatic rings. The van der Waals surface area contributed by atoms with Gasteiger partial charge in [-0.1, -0.05) is 38.1 Å². The Hall–Kier alpha value is -1.72. The summed E-state index contributed by atoms with van der Waals surface area (Å²) in [5.74, 6) is 0.224. The number of aromatic nitrogens is 1. The summed E-state index contributed by atoms with van der Waals surface area (Å²) in [5, 5.41) is 15.1. The number of rotatable bonds is 5. The first-order valence-electron chi connectivity index (χ1n) is 7.77. The van der Waals surface area contributed by atoms with E-state index < -0.39 is 11.6 Å². The van der Waals surface area contributed by atoms with Crippen LogP contribution in [0, 0.1) is 0 Å². The summed E-state index contributed by atoms with van der Waals surface area (Å²) in [4.78, 5) is 16.7. The number of carbonyl (C=O) groups is 1. The Balaban J connectivity index is 2.15. The number of nitrogens with zero attached hydrogens (tertiary/aromatic N) is 1. The minimum absolute atomic E-state index is 0.266. The van der Waals surface area contributed by atoms with E-state index in [-0.39, 0.29) is 5.91 Å². The second kappa shape index (κ2) is 6.81. The smallest absolute Gasteiger partial charge is 0.271 e. The van der Waals surface area contributed by atoms with Crippen molar-refractivity contribution in [2.75, 3.05) is 0 Å². The van der Waals surface area contributed by atoms with Gasteiger partial charge in [-0.3, -0.25) is 4.79 Å². The van der Waals surface area contributed by atoms with Crippen LogP contribution in [0.15, 0.2) is 29.6 Å². The van der Waals surface area contributed by atoms with Crippen molar-refractivity contribution in [2.45, 2.75) is 52.2 Å². The lowest BCUT2D eigenvalue weighted by atomic mass is 9.99. The van der Waals surface area contributed by atoms with E-state index in [2.05, 4.69) is 36.3 Å². The van der Waals surface area contributed by atoms with E-state index in [0.29, 0.717) is 11.6 Å². The Morgan fingerprint density at radius 1 is 1.22 bits per heavy atom. The molecule has 0 aliphatic carbocycles. The quantitative estimate of drug-likeness (QED) is 0.875. The molecule has 124 valence electrons. The molecular weight excluding hydrogens is 308 g/mol. The average Bonchev–Trinajstić information content (AvgIpc) is 2.96. The zero-order chi connectivity index (χ0) is 17.2. The van der Waals surface area contributed by atoms with E-state index in [4.69, 9.17) is 0 Å². The first kappa shape index (κ1) is 17.6. The number of thiazole rings is 1. The summed E-state index contributed by atoms with van der Waals surface area (Å²) in [6.07, 6.45) is -0.645. The largest absolute Gasteiger partial charge is 0.391 e. The molecule has 0 radical (unpaired) electrons. The molecule has 1 aromatic heterocycles. The van der Waals surface area contributed by atoms with E-state index in [9.17, 15) is 9.90 Å². The maximum atomic E-state index is 12.3. The van der Waals surface area contributed by atoms with Gasteiger partial charge in [-0.15, -0.1) is 11.3 Å². The second-order valence-corrected chi connectivity index (χ2v) is 7.52. The van der Waals surface area contributed by atoms with Crippen LogP contribution in [0.1, 0.15) is 56.6 Å². The van der Waals surface area contributed by atoms with E-state index in [1.54, 1.807) is 26.2 Å². The number of nitrogens with one attached hydrogen (secondary N) is 1. The van der Waals surface area contributed by atoms with Crippen molar-refractivity contribution in [3.63, 3.8) is 0 Å². The molecule has 1 heterocycles. The molecule has 0 fully saturated rings. The van der Waals surface area contributed by atoms with Gasteiger partial charge < -0.3 is 10.4 Å². The van der Waals surface area contributed by atoms with Gasteiger partial charge in [-0.2, -0.15) is 0 Å². The van der Waals surface area contributed by atoms with E-state index in [1.807, 2.05) is 12.1 Å². The molecule has 0 spiro atoms. The minimum atomic E-state index is -0.695. The van der Waals surface area contributed by atoms with Gasteiger partial charge in [0.05, 0.1) is 11.6 Å². The highest BCUT2D eigenvalue weighted by atomic mass is 32.1. The van der Waals surface area contributed by atoms with Crippen LogP contribution in [0.25, 0.3) is 10.6 Å². The van der Waals surface area contributed by atoms with E-state index in [0.717, 1.165) is 10.6 Å². The highest BCUT2D eigenvalue weighted by Gasteiger charge is 2.27. The molecule has 2 N–H and O–H groups in total. The number of carbonyl (C=O) groups excluding carboxylic acids is 1. The van der Waals surface area contributed by atoms with Gasteiger partial charge >= 0.3 is 0 Å². The highest BCUT2D eigenvalue weighted by Crippen LogP contribution is 2.26. The number of amides is 1. The highest BCUT2D eigenvalue weighted by molar-refractivity contribution is 7.13. The van der Waals surface area contributed by atoms with Crippen LogP contribution in [-0.2, 0) is 0 Å². The SMILES string of the molecule is CC(C)c1ccc(-c2nc(C(=O)NC(C)(C)[C@@H](C)O)cs2)cc1. The van der Waals surface area contributed by atoms with Gasteiger partial charge in [0.2, 0.25) is 0 Å². The van der Waals surface area contributed by atoms with Crippen molar-refractivity contribution < 1.29 is 9.90 Å². The molecule has 0 unspecified atom stereocenters. The lowest BCUT2D eigenvalue weighted by molar-refractivity contribution is 0.0706. The Kier molecular flexibility index (Phi) is 5.22. The van der Waals surface area contributed by atoms with Gasteiger partial charge in [0.25, 0.3) is 5.91 Å². The van der Waals surface area contributed by atoms with Crippen LogP contribution < -0.4 is 5.32 Å². The third-order valence-corrected chi connectivity index (χ3v) is 4.93. The van der Waals surface area contributed by atoms with Crippen molar-refractivity contribution in [3.8, 4) is 10.6 Å². The summed E-state index contributed by atoms with van der Waals surface area (Å²) < 4.78 is 0. The summed E-state index contributed by atoms with van der Waals surface area (Å²) in [7, 11) is 0. The predicted molar refractivity (Wildman–Crippen MR) is 94.9 cm³/mol. The van der Waals surface area contributed by atoms with Gasteiger partial charge in [0, 0.05) is 10.9 Å². The fraction of sp³-hybridized carbons (Fsp3) is 0.444. The van der Waals surface area contributed by atoms with Crippen molar-refractivity contribution >= 4 is 17.2 Å². The maximum Gasteiger partial charge on any atom is 0.271 e. The summed E-state index contributed by atoms with van der Waals surface area (Å²) >= 11 is 1.45. The normalized spacial score (nSPS) is 13.2. The zero-order valence-electron chi connectivity index (χ0n) is 14.3. The van der Waals surface area contributed by atoms with Crippen molar-refractivity contribution in [1.29, 1.82) is 0 Å². The minimum Gasteiger partial charge on any atom is -0.391 e. The molecule has 1 amide bonds. The Labute approximate surface area is 141 Å². The molecule has 23 heavy (non-hydrogen) atoms. The van der Waals surface area contributed by atoms with Crippen molar-refractivity contribution in [2.24, 2.45) is 0 Å². The Morgan fingerprint density at radius 2 is 1.83 bits per heavy atom. The Morgan fingerprint density at radius 3 is 2.35 bits per heavy atom. The van der Waals surface area contributed by atoms with Crippen LogP contribution in [0.3, 0.4) is 0 Å². The van der Waals surface area contributed by atoms with Gasteiger partial charge in [0.15, 0.2) is 0 Å². The molecular formula is C18H24N2O2S. The molecule has 4 nitrogen and oxygen atoms in total. The molecule has 2 aromatic rings. The first-order chi connectivity index (χ1) is 10.7. The fourth-order valence-electron chi connectivity index (χ4n) is 1.98.